The molecule has 164 valence electrons. The van der Waals surface area contributed by atoms with Gasteiger partial charge in [-0.25, -0.2) is 18.4 Å². The molecular formula is C21H19F2N7O2. The van der Waals surface area contributed by atoms with E-state index >= 15 is 0 Å². The Morgan fingerprint density at radius 1 is 1.09 bits per heavy atom. The van der Waals surface area contributed by atoms with E-state index in [1.165, 1.54) is 11.0 Å². The lowest BCUT2D eigenvalue weighted by Gasteiger charge is -2.13. The number of nitrogens with one attached hydrogen (secondary N) is 1. The minimum Gasteiger partial charge on any atom is -0.378 e. The summed E-state index contributed by atoms with van der Waals surface area (Å²) in [6, 6.07) is 10.3. The van der Waals surface area contributed by atoms with Crippen molar-refractivity contribution in [2.24, 2.45) is 0 Å². The number of halogens is 2. The topological polar surface area (TPSA) is 97.9 Å². The highest BCUT2D eigenvalue weighted by molar-refractivity contribution is 5.90. The molecule has 0 spiro atoms. The van der Waals surface area contributed by atoms with Gasteiger partial charge in [-0.05, 0) is 42.0 Å². The predicted octanol–water partition coefficient (Wildman–Crippen LogP) is 2.02. The molecule has 4 aromatic rings. The second-order valence-electron chi connectivity index (χ2n) is 7.36. The summed E-state index contributed by atoms with van der Waals surface area (Å²) in [6.07, 6.45) is 1.21. The maximum atomic E-state index is 13.4. The monoisotopic (exact) mass is 439 g/mol. The summed E-state index contributed by atoms with van der Waals surface area (Å²) >= 11 is 0. The second kappa shape index (κ2) is 8.53. The molecule has 0 aliphatic heterocycles. The minimum atomic E-state index is -0.720. The van der Waals surface area contributed by atoms with Crippen LogP contribution in [0.25, 0.3) is 11.2 Å². The number of amides is 1. The Morgan fingerprint density at radius 3 is 2.44 bits per heavy atom. The van der Waals surface area contributed by atoms with Gasteiger partial charge < -0.3 is 10.2 Å². The summed E-state index contributed by atoms with van der Waals surface area (Å²) in [5.74, 6) is -1.85. The Labute approximate surface area is 180 Å². The van der Waals surface area contributed by atoms with Crippen molar-refractivity contribution in [1.29, 1.82) is 0 Å². The van der Waals surface area contributed by atoms with E-state index in [9.17, 15) is 18.4 Å². The molecule has 0 aliphatic carbocycles. The van der Waals surface area contributed by atoms with E-state index in [0.29, 0.717) is 11.3 Å². The van der Waals surface area contributed by atoms with E-state index in [4.69, 9.17) is 0 Å². The SMILES string of the molecule is CN(C)c1ccc(NC(=O)Cn2cnc3c(nnn3Cc3cc(F)cc(F)c3)c2=O)cc1. The van der Waals surface area contributed by atoms with Crippen LogP contribution in [0, 0.1) is 11.6 Å². The fourth-order valence-electron chi connectivity index (χ4n) is 3.18. The van der Waals surface area contributed by atoms with E-state index < -0.39 is 23.1 Å². The number of carbonyl (C=O) groups is 1. The third kappa shape index (κ3) is 4.46. The Bertz CT molecular complexity index is 1330. The second-order valence-corrected chi connectivity index (χ2v) is 7.36. The lowest BCUT2D eigenvalue weighted by molar-refractivity contribution is -0.116. The first-order chi connectivity index (χ1) is 15.3. The standard InChI is InChI=1S/C21H19F2N7O2/c1-28(2)17-5-3-16(4-6-17)25-18(31)11-29-12-24-20-19(21(29)32)26-27-30(20)10-13-7-14(22)9-15(23)8-13/h3-9,12H,10-11H2,1-2H3,(H,25,31). The number of aromatic nitrogens is 5. The number of hydrogen-bond donors (Lipinski definition) is 1. The lowest BCUT2D eigenvalue weighted by Crippen LogP contribution is -2.28. The van der Waals surface area contributed by atoms with Gasteiger partial charge in [-0.3, -0.25) is 14.2 Å². The summed E-state index contributed by atoms with van der Waals surface area (Å²) in [4.78, 5) is 31.2. The van der Waals surface area contributed by atoms with Crippen molar-refractivity contribution in [3.05, 3.63) is 76.3 Å². The number of fused-ring (bicyclic) bond motifs is 1. The van der Waals surface area contributed by atoms with Gasteiger partial charge in [0.25, 0.3) is 5.56 Å². The van der Waals surface area contributed by atoms with E-state index in [1.54, 1.807) is 12.1 Å². The Kier molecular flexibility index (Phi) is 5.63. The first-order valence-corrected chi connectivity index (χ1v) is 9.61. The molecule has 0 atom stereocenters. The van der Waals surface area contributed by atoms with Gasteiger partial charge in [0.2, 0.25) is 5.91 Å². The van der Waals surface area contributed by atoms with Crippen LogP contribution < -0.4 is 15.8 Å². The van der Waals surface area contributed by atoms with Crippen LogP contribution in [0.5, 0.6) is 0 Å². The molecule has 9 nitrogen and oxygen atoms in total. The van der Waals surface area contributed by atoms with Gasteiger partial charge in [-0.15, -0.1) is 5.10 Å². The molecule has 0 unspecified atom stereocenters. The van der Waals surface area contributed by atoms with Gasteiger partial charge in [-0.1, -0.05) is 5.21 Å². The van der Waals surface area contributed by atoms with E-state index in [-0.39, 0.29) is 24.3 Å². The fraction of sp³-hybridized carbons (Fsp3) is 0.190. The molecule has 0 saturated heterocycles. The highest BCUT2D eigenvalue weighted by atomic mass is 19.1. The van der Waals surface area contributed by atoms with E-state index in [1.807, 2.05) is 31.1 Å². The summed E-state index contributed by atoms with van der Waals surface area (Å²) in [6.45, 7) is -0.287. The first kappa shape index (κ1) is 21.1. The van der Waals surface area contributed by atoms with Crippen LogP contribution in [0.4, 0.5) is 20.2 Å². The summed E-state index contributed by atoms with van der Waals surface area (Å²) in [5, 5.41) is 10.4. The molecular weight excluding hydrogens is 420 g/mol. The molecule has 0 saturated carbocycles. The van der Waals surface area contributed by atoms with Gasteiger partial charge in [0.1, 0.15) is 24.5 Å². The minimum absolute atomic E-state index is 0.0228. The molecule has 1 N–H and O–H groups in total. The van der Waals surface area contributed by atoms with Gasteiger partial charge in [0.05, 0.1) is 6.54 Å². The highest BCUT2D eigenvalue weighted by Crippen LogP contribution is 2.16. The van der Waals surface area contributed by atoms with Crippen molar-refractivity contribution in [3.8, 4) is 0 Å². The summed E-state index contributed by atoms with van der Waals surface area (Å²) < 4.78 is 29.2. The number of hydrogen-bond acceptors (Lipinski definition) is 6. The van der Waals surface area contributed by atoms with Crippen LogP contribution in [-0.4, -0.2) is 44.5 Å². The zero-order valence-electron chi connectivity index (χ0n) is 17.3. The third-order valence-electron chi connectivity index (χ3n) is 4.73. The van der Waals surface area contributed by atoms with Crippen LogP contribution >= 0.6 is 0 Å². The molecule has 0 bridgehead atoms. The fourth-order valence-corrected chi connectivity index (χ4v) is 3.18. The molecule has 1 amide bonds. The van der Waals surface area contributed by atoms with Crippen molar-refractivity contribution in [3.63, 3.8) is 0 Å². The third-order valence-corrected chi connectivity index (χ3v) is 4.73. The van der Waals surface area contributed by atoms with Gasteiger partial charge in [-0.2, -0.15) is 0 Å². The zero-order chi connectivity index (χ0) is 22.8. The van der Waals surface area contributed by atoms with Crippen LogP contribution in [0.2, 0.25) is 0 Å². The van der Waals surface area contributed by atoms with Gasteiger partial charge in [0.15, 0.2) is 11.2 Å². The molecule has 0 aliphatic rings. The predicted molar refractivity (Wildman–Crippen MR) is 114 cm³/mol. The number of anilines is 2. The maximum Gasteiger partial charge on any atom is 0.283 e. The Balaban J connectivity index is 1.51. The normalized spacial score (nSPS) is 11.0. The van der Waals surface area contributed by atoms with Crippen molar-refractivity contribution in [2.75, 3.05) is 24.3 Å². The molecule has 11 heteroatoms. The Hall–Kier alpha value is -4.15. The molecule has 0 fully saturated rings. The van der Waals surface area contributed by atoms with E-state index in [0.717, 1.165) is 28.5 Å². The molecule has 2 heterocycles. The van der Waals surface area contributed by atoms with Crippen LogP contribution in [0.1, 0.15) is 5.56 Å². The van der Waals surface area contributed by atoms with Crippen molar-refractivity contribution in [2.45, 2.75) is 13.1 Å². The van der Waals surface area contributed by atoms with Crippen LogP contribution in [0.15, 0.2) is 53.6 Å². The van der Waals surface area contributed by atoms with Crippen molar-refractivity contribution >= 4 is 28.4 Å². The molecule has 2 aromatic heterocycles. The van der Waals surface area contributed by atoms with Crippen LogP contribution in [0.3, 0.4) is 0 Å². The van der Waals surface area contributed by atoms with E-state index in [2.05, 4.69) is 20.6 Å². The number of nitrogens with zero attached hydrogens (tertiary/aromatic N) is 6. The number of carbonyl (C=O) groups excluding carboxylic acids is 1. The van der Waals surface area contributed by atoms with Crippen molar-refractivity contribution in [1.82, 2.24) is 24.5 Å². The largest absolute Gasteiger partial charge is 0.378 e. The average molecular weight is 439 g/mol. The number of benzene rings is 2. The smallest absolute Gasteiger partial charge is 0.283 e. The molecule has 0 radical (unpaired) electrons. The molecule has 4 rings (SSSR count). The van der Waals surface area contributed by atoms with Gasteiger partial charge in [0, 0.05) is 31.5 Å². The molecule has 32 heavy (non-hydrogen) atoms. The first-order valence-electron chi connectivity index (χ1n) is 9.61. The summed E-state index contributed by atoms with van der Waals surface area (Å²) in [5.41, 5.74) is 1.43. The highest BCUT2D eigenvalue weighted by Gasteiger charge is 2.15. The lowest BCUT2D eigenvalue weighted by atomic mass is 10.2. The Morgan fingerprint density at radius 2 is 1.78 bits per heavy atom. The maximum absolute atomic E-state index is 13.4. The van der Waals surface area contributed by atoms with Crippen LogP contribution in [-0.2, 0) is 17.9 Å². The molecule has 2 aromatic carbocycles. The zero-order valence-corrected chi connectivity index (χ0v) is 17.3. The summed E-state index contributed by atoms with van der Waals surface area (Å²) in [7, 11) is 3.82. The van der Waals surface area contributed by atoms with Gasteiger partial charge >= 0.3 is 0 Å². The quantitative estimate of drug-likeness (QED) is 0.494. The average Bonchev–Trinajstić information content (AvgIpc) is 3.13. The van der Waals surface area contributed by atoms with Crippen molar-refractivity contribution < 1.29 is 13.6 Å². The number of rotatable bonds is 6.